The first kappa shape index (κ1) is 18.1. The van der Waals surface area contributed by atoms with Gasteiger partial charge in [0.05, 0.1) is 24.2 Å². The molecule has 0 spiro atoms. The summed E-state index contributed by atoms with van der Waals surface area (Å²) in [7, 11) is 1.61. The van der Waals surface area contributed by atoms with Crippen LogP contribution in [-0.2, 0) is 0 Å². The van der Waals surface area contributed by atoms with Gasteiger partial charge in [0.15, 0.2) is 0 Å². The molecule has 2 amide bonds. The molecule has 0 saturated carbocycles. The SMILES string of the molecule is COc1ccc(NC(=O)N[C@H](CCSC)c2nc3ccccc3[nH]2)cc1. The average Bonchev–Trinajstić information content (AvgIpc) is 3.09. The number of para-hydroxylation sites is 2. The molecule has 3 aromatic rings. The predicted octanol–water partition coefficient (Wildman–Crippen LogP) is 4.19. The summed E-state index contributed by atoms with van der Waals surface area (Å²) in [5, 5.41) is 5.87. The lowest BCUT2D eigenvalue weighted by Gasteiger charge is -2.17. The topological polar surface area (TPSA) is 79.0 Å². The Morgan fingerprint density at radius 2 is 2.00 bits per heavy atom. The molecule has 0 radical (unpaired) electrons. The number of carbonyl (C=O) groups excluding carboxylic acids is 1. The summed E-state index contributed by atoms with van der Waals surface area (Å²) in [4.78, 5) is 20.4. The lowest BCUT2D eigenvalue weighted by Crippen LogP contribution is -2.33. The van der Waals surface area contributed by atoms with Gasteiger partial charge in [0.2, 0.25) is 0 Å². The van der Waals surface area contributed by atoms with E-state index in [0.29, 0.717) is 5.69 Å². The van der Waals surface area contributed by atoms with Gasteiger partial charge in [-0.1, -0.05) is 12.1 Å². The van der Waals surface area contributed by atoms with E-state index in [1.54, 1.807) is 43.1 Å². The molecule has 136 valence electrons. The van der Waals surface area contributed by atoms with Crippen molar-refractivity contribution < 1.29 is 9.53 Å². The van der Waals surface area contributed by atoms with E-state index in [1.807, 2.05) is 30.5 Å². The fourth-order valence-electron chi connectivity index (χ4n) is 2.65. The van der Waals surface area contributed by atoms with Crippen LogP contribution in [0.2, 0.25) is 0 Å². The van der Waals surface area contributed by atoms with Gasteiger partial charge in [-0.3, -0.25) is 0 Å². The van der Waals surface area contributed by atoms with E-state index in [9.17, 15) is 4.79 Å². The minimum absolute atomic E-state index is 0.187. The number of aromatic amines is 1. The molecule has 0 fully saturated rings. The van der Waals surface area contributed by atoms with E-state index < -0.39 is 0 Å². The Bertz CT molecular complexity index is 830. The maximum Gasteiger partial charge on any atom is 0.319 e. The first-order chi connectivity index (χ1) is 12.7. The Morgan fingerprint density at radius 3 is 2.69 bits per heavy atom. The molecule has 3 N–H and O–H groups in total. The molecule has 1 heterocycles. The third-order valence-corrected chi connectivity index (χ3v) is 4.65. The third kappa shape index (κ3) is 4.49. The van der Waals surface area contributed by atoms with Gasteiger partial charge in [-0.2, -0.15) is 11.8 Å². The molecular formula is C19H22N4O2S. The fraction of sp³-hybridized carbons (Fsp3) is 0.263. The minimum Gasteiger partial charge on any atom is -0.497 e. The molecule has 0 aliphatic rings. The third-order valence-electron chi connectivity index (χ3n) is 4.00. The number of ether oxygens (including phenoxy) is 1. The van der Waals surface area contributed by atoms with Gasteiger partial charge in [-0.05, 0) is 54.8 Å². The van der Waals surface area contributed by atoms with E-state index in [0.717, 1.165) is 34.8 Å². The highest BCUT2D eigenvalue weighted by molar-refractivity contribution is 7.98. The van der Waals surface area contributed by atoms with Crippen LogP contribution in [0.4, 0.5) is 10.5 Å². The second-order valence-electron chi connectivity index (χ2n) is 5.80. The Morgan fingerprint density at radius 1 is 1.23 bits per heavy atom. The quantitative estimate of drug-likeness (QED) is 0.583. The van der Waals surface area contributed by atoms with Crippen molar-refractivity contribution in [3.05, 3.63) is 54.4 Å². The summed E-state index contributed by atoms with van der Waals surface area (Å²) < 4.78 is 5.13. The molecule has 0 saturated heterocycles. The Balaban J connectivity index is 1.71. The van der Waals surface area contributed by atoms with Crippen LogP contribution in [0.15, 0.2) is 48.5 Å². The summed E-state index contributed by atoms with van der Waals surface area (Å²) in [6.07, 6.45) is 2.84. The first-order valence-electron chi connectivity index (χ1n) is 8.34. The van der Waals surface area contributed by atoms with E-state index in [1.165, 1.54) is 0 Å². The number of amides is 2. The first-order valence-corrected chi connectivity index (χ1v) is 9.74. The van der Waals surface area contributed by atoms with Crippen molar-refractivity contribution in [2.45, 2.75) is 12.5 Å². The van der Waals surface area contributed by atoms with E-state index in [-0.39, 0.29) is 12.1 Å². The van der Waals surface area contributed by atoms with Crippen LogP contribution in [0.1, 0.15) is 18.3 Å². The van der Waals surface area contributed by atoms with Gasteiger partial charge in [0.1, 0.15) is 11.6 Å². The molecule has 0 unspecified atom stereocenters. The monoisotopic (exact) mass is 370 g/mol. The second-order valence-corrected chi connectivity index (χ2v) is 6.79. The number of carbonyl (C=O) groups is 1. The number of benzene rings is 2. The van der Waals surface area contributed by atoms with Crippen LogP contribution in [-0.4, -0.2) is 35.1 Å². The summed E-state index contributed by atoms with van der Waals surface area (Å²) in [6.45, 7) is 0. The Kier molecular flexibility index (Phi) is 6.01. The molecule has 3 rings (SSSR count). The number of imidazole rings is 1. The van der Waals surface area contributed by atoms with Gasteiger partial charge >= 0.3 is 6.03 Å². The summed E-state index contributed by atoms with van der Waals surface area (Å²) in [5.41, 5.74) is 2.57. The van der Waals surface area contributed by atoms with Crippen LogP contribution in [0.25, 0.3) is 11.0 Å². The molecule has 0 aliphatic heterocycles. The van der Waals surface area contributed by atoms with Gasteiger partial charge in [0.25, 0.3) is 0 Å². The molecule has 2 aromatic carbocycles. The summed E-state index contributed by atoms with van der Waals surface area (Å²) in [6, 6.07) is 14.6. The molecule has 1 aromatic heterocycles. The van der Waals surface area contributed by atoms with Crippen molar-refractivity contribution in [1.29, 1.82) is 0 Å². The highest BCUT2D eigenvalue weighted by Crippen LogP contribution is 2.20. The molecule has 0 aliphatic carbocycles. The molecular weight excluding hydrogens is 348 g/mol. The van der Waals surface area contributed by atoms with Crippen molar-refractivity contribution >= 4 is 34.5 Å². The molecule has 1 atom stereocenters. The largest absolute Gasteiger partial charge is 0.497 e. The Labute approximate surface area is 156 Å². The fourth-order valence-corrected chi connectivity index (χ4v) is 3.12. The number of thioether (sulfide) groups is 1. The smallest absolute Gasteiger partial charge is 0.319 e. The van der Waals surface area contributed by atoms with Crippen molar-refractivity contribution in [1.82, 2.24) is 15.3 Å². The Hall–Kier alpha value is -2.67. The van der Waals surface area contributed by atoms with E-state index in [2.05, 4.69) is 20.6 Å². The zero-order valence-electron chi connectivity index (χ0n) is 14.8. The van der Waals surface area contributed by atoms with Crippen LogP contribution in [0.3, 0.4) is 0 Å². The van der Waals surface area contributed by atoms with Crippen LogP contribution in [0, 0.1) is 0 Å². The number of methoxy groups -OCH3 is 1. The molecule has 7 heteroatoms. The highest BCUT2D eigenvalue weighted by atomic mass is 32.2. The number of hydrogen-bond acceptors (Lipinski definition) is 4. The number of H-pyrrole nitrogens is 1. The summed E-state index contributed by atoms with van der Waals surface area (Å²) in [5.74, 6) is 2.44. The van der Waals surface area contributed by atoms with E-state index in [4.69, 9.17) is 4.74 Å². The van der Waals surface area contributed by atoms with Crippen molar-refractivity contribution in [3.63, 3.8) is 0 Å². The number of anilines is 1. The minimum atomic E-state index is -0.262. The number of nitrogens with one attached hydrogen (secondary N) is 3. The molecule has 6 nitrogen and oxygen atoms in total. The number of rotatable bonds is 7. The predicted molar refractivity (Wildman–Crippen MR) is 107 cm³/mol. The molecule has 0 bridgehead atoms. The van der Waals surface area contributed by atoms with Gasteiger partial charge in [-0.15, -0.1) is 0 Å². The maximum atomic E-state index is 12.4. The van der Waals surface area contributed by atoms with Crippen LogP contribution >= 0.6 is 11.8 Å². The normalized spacial score (nSPS) is 11.9. The van der Waals surface area contributed by atoms with Gasteiger partial charge in [-0.25, -0.2) is 9.78 Å². The average molecular weight is 370 g/mol. The zero-order valence-corrected chi connectivity index (χ0v) is 15.6. The second kappa shape index (κ2) is 8.62. The van der Waals surface area contributed by atoms with Crippen LogP contribution < -0.4 is 15.4 Å². The van der Waals surface area contributed by atoms with Crippen LogP contribution in [0.5, 0.6) is 5.75 Å². The standard InChI is InChI=1S/C19H22N4O2S/c1-25-14-9-7-13(8-10-14)20-19(24)23-17(11-12-26-2)18-21-15-5-3-4-6-16(15)22-18/h3-10,17H,11-12H2,1-2H3,(H,21,22)(H2,20,23,24)/t17-/m1/s1. The number of urea groups is 1. The maximum absolute atomic E-state index is 12.4. The molecule has 26 heavy (non-hydrogen) atoms. The van der Waals surface area contributed by atoms with Crippen molar-refractivity contribution in [2.24, 2.45) is 0 Å². The van der Waals surface area contributed by atoms with Crippen molar-refractivity contribution in [2.75, 3.05) is 24.4 Å². The number of fused-ring (bicyclic) bond motifs is 1. The lowest BCUT2D eigenvalue weighted by atomic mass is 10.2. The van der Waals surface area contributed by atoms with Gasteiger partial charge in [0, 0.05) is 5.69 Å². The number of hydrogen-bond donors (Lipinski definition) is 3. The number of aromatic nitrogens is 2. The van der Waals surface area contributed by atoms with Crippen molar-refractivity contribution in [3.8, 4) is 5.75 Å². The van der Waals surface area contributed by atoms with E-state index >= 15 is 0 Å². The lowest BCUT2D eigenvalue weighted by molar-refractivity contribution is 0.248. The number of nitrogens with zero attached hydrogens (tertiary/aromatic N) is 1. The zero-order chi connectivity index (χ0) is 18.4. The summed E-state index contributed by atoms with van der Waals surface area (Å²) >= 11 is 1.74. The highest BCUT2D eigenvalue weighted by Gasteiger charge is 2.18. The van der Waals surface area contributed by atoms with Gasteiger partial charge < -0.3 is 20.4 Å².